The third-order valence-corrected chi connectivity index (χ3v) is 5.30. The second-order valence-corrected chi connectivity index (χ2v) is 7.39. The number of hydrogen-bond donors (Lipinski definition) is 1. The standard InChI is InChI=1S/C22H25N3O5/c1-15(23-21(26)17-7-4-8-19(14-17)25(28)29)22(27)24-11-5-9-18(24)12-16-6-3-10-20(13-16)30-2/h3-4,6-8,10,13-15,18H,5,9,11-12H2,1-2H3,(H,23,26). The average molecular weight is 411 g/mol. The SMILES string of the molecule is COc1cccc(CC2CCCN2C(=O)C(C)NC(=O)c2cccc([N+](=O)[O-])c2)c1. The highest BCUT2D eigenvalue weighted by atomic mass is 16.6. The minimum atomic E-state index is -0.734. The molecule has 2 aromatic carbocycles. The summed E-state index contributed by atoms with van der Waals surface area (Å²) in [6.07, 6.45) is 2.52. The number of hydrogen-bond acceptors (Lipinski definition) is 5. The number of nitrogens with zero attached hydrogens (tertiary/aromatic N) is 2. The van der Waals surface area contributed by atoms with Crippen molar-refractivity contribution in [2.45, 2.75) is 38.3 Å². The first-order valence-corrected chi connectivity index (χ1v) is 9.87. The fourth-order valence-electron chi connectivity index (χ4n) is 3.76. The van der Waals surface area contributed by atoms with Crippen LogP contribution in [0.2, 0.25) is 0 Å². The fourth-order valence-corrected chi connectivity index (χ4v) is 3.76. The van der Waals surface area contributed by atoms with E-state index in [0.29, 0.717) is 13.0 Å². The number of likely N-dealkylation sites (tertiary alicyclic amines) is 1. The molecule has 8 nitrogen and oxygen atoms in total. The van der Waals surface area contributed by atoms with Gasteiger partial charge in [-0.25, -0.2) is 0 Å². The fraction of sp³-hybridized carbons (Fsp3) is 0.364. The quantitative estimate of drug-likeness (QED) is 0.557. The molecule has 1 fully saturated rings. The Morgan fingerprint density at radius 3 is 2.77 bits per heavy atom. The number of carbonyl (C=O) groups is 2. The smallest absolute Gasteiger partial charge is 0.270 e. The maximum Gasteiger partial charge on any atom is 0.270 e. The molecule has 0 aliphatic carbocycles. The summed E-state index contributed by atoms with van der Waals surface area (Å²) in [5, 5.41) is 13.6. The van der Waals surface area contributed by atoms with Crippen molar-refractivity contribution < 1.29 is 19.2 Å². The number of methoxy groups -OCH3 is 1. The number of nitro groups is 1. The number of rotatable bonds is 7. The molecule has 0 radical (unpaired) electrons. The zero-order chi connectivity index (χ0) is 21.7. The van der Waals surface area contributed by atoms with E-state index in [-0.39, 0.29) is 23.2 Å². The molecular formula is C22H25N3O5. The van der Waals surface area contributed by atoms with Gasteiger partial charge in [0.1, 0.15) is 11.8 Å². The van der Waals surface area contributed by atoms with Gasteiger partial charge < -0.3 is 15.0 Å². The van der Waals surface area contributed by atoms with Gasteiger partial charge >= 0.3 is 0 Å². The molecule has 1 heterocycles. The van der Waals surface area contributed by atoms with Crippen LogP contribution in [0.15, 0.2) is 48.5 Å². The molecule has 2 unspecified atom stereocenters. The second kappa shape index (κ2) is 9.39. The molecule has 2 atom stereocenters. The van der Waals surface area contributed by atoms with Crippen molar-refractivity contribution in [1.82, 2.24) is 10.2 Å². The van der Waals surface area contributed by atoms with Crippen molar-refractivity contribution in [3.8, 4) is 5.75 Å². The highest BCUT2D eigenvalue weighted by molar-refractivity contribution is 5.98. The Bertz CT molecular complexity index is 946. The van der Waals surface area contributed by atoms with Crippen LogP contribution in [0.5, 0.6) is 5.75 Å². The van der Waals surface area contributed by atoms with Crippen LogP contribution in [0.4, 0.5) is 5.69 Å². The van der Waals surface area contributed by atoms with Gasteiger partial charge in [0, 0.05) is 30.3 Å². The first-order chi connectivity index (χ1) is 14.4. The van der Waals surface area contributed by atoms with Gasteiger partial charge in [0.2, 0.25) is 5.91 Å². The Hall–Kier alpha value is -3.42. The van der Waals surface area contributed by atoms with E-state index in [4.69, 9.17) is 4.74 Å². The normalized spacial score (nSPS) is 16.7. The average Bonchev–Trinajstić information content (AvgIpc) is 3.21. The third-order valence-electron chi connectivity index (χ3n) is 5.30. The summed E-state index contributed by atoms with van der Waals surface area (Å²) in [7, 11) is 1.62. The Morgan fingerprint density at radius 2 is 2.03 bits per heavy atom. The minimum absolute atomic E-state index is 0.0572. The van der Waals surface area contributed by atoms with E-state index in [2.05, 4.69) is 5.32 Å². The number of nitrogens with one attached hydrogen (secondary N) is 1. The van der Waals surface area contributed by atoms with E-state index in [1.54, 1.807) is 14.0 Å². The molecule has 0 aromatic heterocycles. The predicted molar refractivity (Wildman–Crippen MR) is 111 cm³/mol. The predicted octanol–water partition coefficient (Wildman–Crippen LogP) is 2.96. The number of carbonyl (C=O) groups excluding carboxylic acids is 2. The van der Waals surface area contributed by atoms with E-state index in [1.165, 1.54) is 24.3 Å². The zero-order valence-corrected chi connectivity index (χ0v) is 17.0. The summed E-state index contributed by atoms with van der Waals surface area (Å²) >= 11 is 0. The molecule has 0 saturated carbocycles. The monoisotopic (exact) mass is 411 g/mol. The van der Waals surface area contributed by atoms with Gasteiger partial charge in [0.25, 0.3) is 11.6 Å². The van der Waals surface area contributed by atoms with E-state index < -0.39 is 16.9 Å². The topological polar surface area (TPSA) is 102 Å². The lowest BCUT2D eigenvalue weighted by atomic mass is 10.0. The lowest BCUT2D eigenvalue weighted by Gasteiger charge is -2.28. The van der Waals surface area contributed by atoms with Crippen LogP contribution in [0.3, 0.4) is 0 Å². The molecule has 8 heteroatoms. The van der Waals surface area contributed by atoms with Gasteiger partial charge in [-0.3, -0.25) is 19.7 Å². The highest BCUT2D eigenvalue weighted by Crippen LogP contribution is 2.24. The van der Waals surface area contributed by atoms with E-state index in [9.17, 15) is 19.7 Å². The van der Waals surface area contributed by atoms with Crippen LogP contribution in [-0.4, -0.2) is 47.4 Å². The maximum absolute atomic E-state index is 13.0. The summed E-state index contributed by atoms with van der Waals surface area (Å²) in [6.45, 7) is 2.28. The van der Waals surface area contributed by atoms with E-state index in [0.717, 1.165) is 24.2 Å². The van der Waals surface area contributed by atoms with Crippen molar-refractivity contribution in [3.63, 3.8) is 0 Å². The molecule has 2 aromatic rings. The lowest BCUT2D eigenvalue weighted by molar-refractivity contribution is -0.384. The Morgan fingerprint density at radius 1 is 1.27 bits per heavy atom. The molecule has 158 valence electrons. The van der Waals surface area contributed by atoms with Crippen molar-refractivity contribution in [1.29, 1.82) is 0 Å². The summed E-state index contributed by atoms with van der Waals surface area (Å²) < 4.78 is 5.27. The molecule has 1 aliphatic rings. The first kappa shape index (κ1) is 21.3. The summed E-state index contributed by atoms with van der Waals surface area (Å²) in [6, 6.07) is 12.6. The lowest BCUT2D eigenvalue weighted by Crippen LogP contribution is -2.49. The number of non-ortho nitro benzene ring substituents is 1. The minimum Gasteiger partial charge on any atom is -0.497 e. The summed E-state index contributed by atoms with van der Waals surface area (Å²) in [4.78, 5) is 37.6. The van der Waals surface area contributed by atoms with Crippen molar-refractivity contribution in [2.75, 3.05) is 13.7 Å². The highest BCUT2D eigenvalue weighted by Gasteiger charge is 2.32. The van der Waals surface area contributed by atoms with Gasteiger partial charge in [0.05, 0.1) is 12.0 Å². The van der Waals surface area contributed by atoms with Gasteiger partial charge in [-0.2, -0.15) is 0 Å². The van der Waals surface area contributed by atoms with Crippen molar-refractivity contribution in [3.05, 3.63) is 69.8 Å². The van der Waals surface area contributed by atoms with Gasteiger partial charge in [-0.05, 0) is 49.9 Å². The molecule has 1 N–H and O–H groups in total. The zero-order valence-electron chi connectivity index (χ0n) is 17.0. The molecule has 30 heavy (non-hydrogen) atoms. The summed E-state index contributed by atoms with van der Waals surface area (Å²) in [5.41, 5.74) is 1.07. The first-order valence-electron chi connectivity index (χ1n) is 9.87. The van der Waals surface area contributed by atoms with Crippen LogP contribution in [-0.2, 0) is 11.2 Å². The Balaban J connectivity index is 1.64. The Labute approximate surface area is 175 Å². The maximum atomic E-state index is 13.0. The van der Waals surface area contributed by atoms with Gasteiger partial charge in [-0.15, -0.1) is 0 Å². The number of amides is 2. The number of nitro benzene ring substituents is 1. The molecular weight excluding hydrogens is 386 g/mol. The molecule has 2 amide bonds. The van der Waals surface area contributed by atoms with Crippen LogP contribution in [0.1, 0.15) is 35.7 Å². The number of ether oxygens (including phenoxy) is 1. The second-order valence-electron chi connectivity index (χ2n) is 7.39. The molecule has 0 bridgehead atoms. The van der Waals surface area contributed by atoms with Crippen LogP contribution in [0.25, 0.3) is 0 Å². The van der Waals surface area contributed by atoms with Gasteiger partial charge in [0.15, 0.2) is 0 Å². The molecule has 1 aliphatic heterocycles. The molecule has 3 rings (SSSR count). The Kier molecular flexibility index (Phi) is 6.66. The van der Waals surface area contributed by atoms with Crippen LogP contribution >= 0.6 is 0 Å². The summed E-state index contributed by atoms with van der Waals surface area (Å²) in [5.74, 6) is 0.114. The van der Waals surface area contributed by atoms with Gasteiger partial charge in [-0.1, -0.05) is 18.2 Å². The third kappa shape index (κ3) is 4.94. The van der Waals surface area contributed by atoms with Crippen molar-refractivity contribution in [2.24, 2.45) is 0 Å². The largest absolute Gasteiger partial charge is 0.497 e. The molecule has 0 spiro atoms. The van der Waals surface area contributed by atoms with Crippen molar-refractivity contribution >= 4 is 17.5 Å². The van der Waals surface area contributed by atoms with E-state index >= 15 is 0 Å². The van der Waals surface area contributed by atoms with Crippen LogP contribution in [0, 0.1) is 10.1 Å². The van der Waals surface area contributed by atoms with Crippen LogP contribution < -0.4 is 10.1 Å². The molecule has 1 saturated heterocycles. The van der Waals surface area contributed by atoms with E-state index in [1.807, 2.05) is 29.2 Å². The number of benzene rings is 2.